The maximum atomic E-state index is 11.4. The van der Waals surface area contributed by atoms with Gasteiger partial charge in [0.25, 0.3) is 0 Å². The van der Waals surface area contributed by atoms with Crippen molar-refractivity contribution < 1.29 is 4.79 Å². The van der Waals surface area contributed by atoms with E-state index in [9.17, 15) is 4.79 Å². The molecule has 78 valence electrons. The molecule has 1 heterocycles. The molecule has 0 aliphatic heterocycles. The molecule has 0 spiro atoms. The number of fused-ring (bicyclic) bond motifs is 3. The fourth-order valence-corrected chi connectivity index (χ4v) is 2.71. The van der Waals surface area contributed by atoms with Crippen LogP contribution < -0.4 is 0 Å². The summed E-state index contributed by atoms with van der Waals surface area (Å²) in [5, 5.41) is 4.29. The predicted octanol–water partition coefficient (Wildman–Crippen LogP) is 3.61. The smallest absolute Gasteiger partial charge is 0.178 e. The number of thiophene rings is 1. The number of carbonyl (C=O) groups excluding carboxylic acids is 1. The van der Waals surface area contributed by atoms with Crippen molar-refractivity contribution >= 4 is 29.3 Å². The van der Waals surface area contributed by atoms with Crippen LogP contribution in [0, 0.1) is 0 Å². The van der Waals surface area contributed by atoms with Crippen molar-refractivity contribution in [2.45, 2.75) is 6.42 Å². The summed E-state index contributed by atoms with van der Waals surface area (Å²) >= 11 is 1.71. The van der Waals surface area contributed by atoms with E-state index < -0.39 is 0 Å². The third-order valence-electron chi connectivity index (χ3n) is 2.74. The van der Waals surface area contributed by atoms with Crippen LogP contribution in [0.4, 0.5) is 0 Å². The molecule has 2 aliphatic carbocycles. The normalized spacial score (nSPS) is 18.1. The standard InChI is InChI=1S/C14H10OS/c15-14-3-1-10-5-11(2-4-14)7-13-9-16-8-12(13)6-10/h1-4,6-9H,5H2. The van der Waals surface area contributed by atoms with E-state index in [4.69, 9.17) is 0 Å². The minimum atomic E-state index is 0.0564. The Morgan fingerprint density at radius 2 is 1.44 bits per heavy atom. The highest BCUT2D eigenvalue weighted by molar-refractivity contribution is 7.08. The van der Waals surface area contributed by atoms with Crippen LogP contribution in [0.5, 0.6) is 0 Å². The van der Waals surface area contributed by atoms with Crippen molar-refractivity contribution in [3.8, 4) is 0 Å². The Morgan fingerprint density at radius 3 is 2.00 bits per heavy atom. The van der Waals surface area contributed by atoms with Crippen LogP contribution in [0.2, 0.25) is 0 Å². The quantitative estimate of drug-likeness (QED) is 0.660. The highest BCUT2D eigenvalue weighted by Crippen LogP contribution is 2.29. The van der Waals surface area contributed by atoms with Crippen LogP contribution in [0.3, 0.4) is 0 Å². The average Bonchev–Trinajstić information content (AvgIpc) is 2.60. The fourth-order valence-electron chi connectivity index (χ4n) is 1.94. The van der Waals surface area contributed by atoms with E-state index in [2.05, 4.69) is 22.9 Å². The van der Waals surface area contributed by atoms with E-state index in [0.29, 0.717) is 0 Å². The molecule has 2 bridgehead atoms. The maximum absolute atomic E-state index is 11.4. The van der Waals surface area contributed by atoms with Crippen LogP contribution in [-0.4, -0.2) is 5.78 Å². The van der Waals surface area contributed by atoms with Crippen LogP contribution >= 0.6 is 11.3 Å². The molecule has 0 saturated carbocycles. The molecule has 0 amide bonds. The number of carbonyl (C=O) groups is 1. The average molecular weight is 226 g/mol. The number of hydrogen-bond acceptors (Lipinski definition) is 2. The lowest BCUT2D eigenvalue weighted by atomic mass is 10.0. The number of rotatable bonds is 0. The van der Waals surface area contributed by atoms with Gasteiger partial charge in [-0.05, 0) is 63.8 Å². The van der Waals surface area contributed by atoms with E-state index >= 15 is 0 Å². The highest BCUT2D eigenvalue weighted by atomic mass is 32.1. The second-order valence-electron chi connectivity index (χ2n) is 3.97. The predicted molar refractivity (Wildman–Crippen MR) is 68.2 cm³/mol. The van der Waals surface area contributed by atoms with Gasteiger partial charge < -0.3 is 0 Å². The lowest BCUT2D eigenvalue weighted by Gasteiger charge is -2.03. The van der Waals surface area contributed by atoms with Gasteiger partial charge in [0.15, 0.2) is 5.78 Å². The van der Waals surface area contributed by atoms with Gasteiger partial charge in [0.2, 0.25) is 0 Å². The first-order chi connectivity index (χ1) is 7.81. The largest absolute Gasteiger partial charge is 0.290 e. The Balaban J connectivity index is 2.20. The molecule has 0 radical (unpaired) electrons. The molecule has 0 unspecified atom stereocenters. The Kier molecular flexibility index (Phi) is 2.22. The summed E-state index contributed by atoms with van der Waals surface area (Å²) in [4.78, 5) is 11.4. The molecule has 0 saturated heterocycles. The van der Waals surface area contributed by atoms with E-state index in [1.807, 2.05) is 12.2 Å². The number of hydrogen-bond donors (Lipinski definition) is 0. The Labute approximate surface area is 98.1 Å². The second kappa shape index (κ2) is 3.72. The second-order valence-corrected chi connectivity index (χ2v) is 4.71. The summed E-state index contributed by atoms with van der Waals surface area (Å²) in [5.74, 6) is 0.0564. The minimum Gasteiger partial charge on any atom is -0.290 e. The molecule has 0 N–H and O–H groups in total. The number of ketones is 1. The van der Waals surface area contributed by atoms with Gasteiger partial charge in [0, 0.05) is 0 Å². The molecule has 1 aromatic rings. The van der Waals surface area contributed by atoms with Crippen molar-refractivity contribution in [3.63, 3.8) is 0 Å². The number of allylic oxidation sites excluding steroid dienone is 6. The van der Waals surface area contributed by atoms with E-state index in [0.717, 1.165) is 6.42 Å². The Morgan fingerprint density at radius 1 is 0.875 bits per heavy atom. The van der Waals surface area contributed by atoms with Crippen LogP contribution in [0.15, 0.2) is 46.2 Å². The minimum absolute atomic E-state index is 0.0564. The summed E-state index contributed by atoms with van der Waals surface area (Å²) in [5.41, 5.74) is 4.90. The summed E-state index contributed by atoms with van der Waals surface area (Å²) in [6.07, 6.45) is 12.3. The SMILES string of the molecule is O=C1C=CC2=Cc3cscc3C=C(C=C1)C2. The van der Waals surface area contributed by atoms with Gasteiger partial charge in [0.05, 0.1) is 0 Å². The van der Waals surface area contributed by atoms with Crippen molar-refractivity contribution in [2.24, 2.45) is 0 Å². The first-order valence-corrected chi connectivity index (χ1v) is 6.13. The molecule has 2 aliphatic rings. The highest BCUT2D eigenvalue weighted by Gasteiger charge is 2.09. The molecule has 0 aromatic carbocycles. The van der Waals surface area contributed by atoms with Crippen LogP contribution in [0.25, 0.3) is 12.2 Å². The molecular formula is C14H10OS. The van der Waals surface area contributed by atoms with Gasteiger partial charge in [-0.3, -0.25) is 4.79 Å². The molecule has 1 nitrogen and oxygen atoms in total. The molecule has 3 rings (SSSR count). The van der Waals surface area contributed by atoms with Gasteiger partial charge in [-0.2, -0.15) is 11.3 Å². The van der Waals surface area contributed by atoms with E-state index in [1.54, 1.807) is 23.5 Å². The van der Waals surface area contributed by atoms with Crippen molar-refractivity contribution in [1.82, 2.24) is 0 Å². The molecule has 0 fully saturated rings. The van der Waals surface area contributed by atoms with Crippen LogP contribution in [0.1, 0.15) is 17.5 Å². The van der Waals surface area contributed by atoms with Gasteiger partial charge in [-0.15, -0.1) is 0 Å². The maximum Gasteiger partial charge on any atom is 0.178 e. The Hall–Kier alpha value is -1.67. The van der Waals surface area contributed by atoms with Crippen molar-refractivity contribution in [2.75, 3.05) is 0 Å². The zero-order valence-corrected chi connectivity index (χ0v) is 9.46. The lowest BCUT2D eigenvalue weighted by molar-refractivity contribution is -0.110. The van der Waals surface area contributed by atoms with Gasteiger partial charge in [-0.25, -0.2) is 0 Å². The lowest BCUT2D eigenvalue weighted by Crippen LogP contribution is -1.91. The summed E-state index contributed by atoms with van der Waals surface area (Å²) < 4.78 is 0. The molecular weight excluding hydrogens is 216 g/mol. The first-order valence-electron chi connectivity index (χ1n) is 5.19. The fraction of sp³-hybridized carbons (Fsp3) is 0.0714. The topological polar surface area (TPSA) is 17.1 Å². The molecule has 1 aromatic heterocycles. The van der Waals surface area contributed by atoms with Gasteiger partial charge in [0.1, 0.15) is 0 Å². The van der Waals surface area contributed by atoms with Gasteiger partial charge in [-0.1, -0.05) is 12.2 Å². The molecule has 2 heteroatoms. The first kappa shape index (κ1) is 9.55. The molecule has 0 atom stereocenters. The summed E-state index contributed by atoms with van der Waals surface area (Å²) in [6.45, 7) is 0. The monoisotopic (exact) mass is 226 g/mol. The zero-order valence-electron chi connectivity index (χ0n) is 8.64. The third kappa shape index (κ3) is 1.72. The summed E-state index contributed by atoms with van der Waals surface area (Å²) in [7, 11) is 0. The van der Waals surface area contributed by atoms with Crippen molar-refractivity contribution in [3.05, 3.63) is 57.3 Å². The van der Waals surface area contributed by atoms with E-state index in [-0.39, 0.29) is 5.78 Å². The van der Waals surface area contributed by atoms with Crippen molar-refractivity contribution in [1.29, 1.82) is 0 Å². The third-order valence-corrected chi connectivity index (χ3v) is 3.52. The summed E-state index contributed by atoms with van der Waals surface area (Å²) in [6, 6.07) is 0. The zero-order chi connectivity index (χ0) is 11.0. The van der Waals surface area contributed by atoms with E-state index in [1.165, 1.54) is 22.3 Å². The Bertz CT molecular complexity index is 521. The molecule has 16 heavy (non-hydrogen) atoms. The van der Waals surface area contributed by atoms with Crippen LogP contribution in [-0.2, 0) is 4.79 Å². The van der Waals surface area contributed by atoms with Gasteiger partial charge >= 0.3 is 0 Å².